The van der Waals surface area contributed by atoms with E-state index in [0.717, 1.165) is 18.8 Å². The fraction of sp³-hybridized carbons (Fsp3) is 1.00. The van der Waals surface area contributed by atoms with Gasteiger partial charge in [-0.2, -0.15) is 11.8 Å². The van der Waals surface area contributed by atoms with Crippen molar-refractivity contribution in [3.63, 3.8) is 0 Å². The minimum atomic E-state index is -0.00656. The SMILES string of the molecule is OC1CCCC(CN2CCSCC2)C1. The fourth-order valence-corrected chi connectivity index (χ4v) is 3.56. The first-order valence-electron chi connectivity index (χ1n) is 5.83. The lowest BCUT2D eigenvalue weighted by molar-refractivity contribution is 0.0855. The molecule has 2 nitrogen and oxygen atoms in total. The molecule has 0 radical (unpaired) electrons. The molecule has 0 aromatic heterocycles. The van der Waals surface area contributed by atoms with Crippen LogP contribution < -0.4 is 0 Å². The molecule has 0 spiro atoms. The molecule has 3 heteroatoms. The van der Waals surface area contributed by atoms with E-state index in [0.29, 0.717) is 0 Å². The summed E-state index contributed by atoms with van der Waals surface area (Å²) in [4.78, 5) is 2.58. The van der Waals surface area contributed by atoms with Crippen LogP contribution in [0.5, 0.6) is 0 Å². The van der Waals surface area contributed by atoms with Gasteiger partial charge >= 0.3 is 0 Å². The highest BCUT2D eigenvalue weighted by molar-refractivity contribution is 7.99. The Morgan fingerprint density at radius 2 is 2.00 bits per heavy atom. The Hall–Kier alpha value is 0.270. The van der Waals surface area contributed by atoms with Gasteiger partial charge in [0.05, 0.1) is 6.10 Å². The molecule has 82 valence electrons. The number of rotatable bonds is 2. The van der Waals surface area contributed by atoms with E-state index < -0.39 is 0 Å². The molecule has 1 N–H and O–H groups in total. The fourth-order valence-electron chi connectivity index (χ4n) is 2.58. The highest BCUT2D eigenvalue weighted by Crippen LogP contribution is 2.25. The maximum atomic E-state index is 9.59. The molecule has 2 fully saturated rings. The van der Waals surface area contributed by atoms with Crippen molar-refractivity contribution in [1.82, 2.24) is 4.90 Å². The maximum absolute atomic E-state index is 9.59. The number of hydrogen-bond acceptors (Lipinski definition) is 3. The van der Waals surface area contributed by atoms with Gasteiger partial charge in [0.15, 0.2) is 0 Å². The normalized spacial score (nSPS) is 35.8. The Kier molecular flexibility index (Phi) is 4.14. The van der Waals surface area contributed by atoms with Crippen LogP contribution in [0, 0.1) is 5.92 Å². The van der Waals surface area contributed by atoms with Crippen LogP contribution in [-0.4, -0.2) is 47.3 Å². The average molecular weight is 215 g/mol. The first-order valence-corrected chi connectivity index (χ1v) is 6.98. The van der Waals surface area contributed by atoms with Crippen molar-refractivity contribution >= 4 is 11.8 Å². The van der Waals surface area contributed by atoms with Crippen LogP contribution in [0.4, 0.5) is 0 Å². The van der Waals surface area contributed by atoms with Crippen LogP contribution >= 0.6 is 11.8 Å². The number of thioether (sulfide) groups is 1. The van der Waals surface area contributed by atoms with Gasteiger partial charge in [-0.15, -0.1) is 0 Å². The number of aliphatic hydroxyl groups excluding tert-OH is 1. The van der Waals surface area contributed by atoms with Gasteiger partial charge in [0, 0.05) is 31.1 Å². The van der Waals surface area contributed by atoms with Crippen LogP contribution in [-0.2, 0) is 0 Å². The predicted molar refractivity (Wildman–Crippen MR) is 61.7 cm³/mol. The van der Waals surface area contributed by atoms with Crippen molar-refractivity contribution in [2.24, 2.45) is 5.92 Å². The van der Waals surface area contributed by atoms with Crippen LogP contribution in [0.25, 0.3) is 0 Å². The third-order valence-electron chi connectivity index (χ3n) is 3.38. The quantitative estimate of drug-likeness (QED) is 0.756. The van der Waals surface area contributed by atoms with Gasteiger partial charge in [-0.25, -0.2) is 0 Å². The van der Waals surface area contributed by atoms with Gasteiger partial charge < -0.3 is 10.0 Å². The number of nitrogens with zero attached hydrogens (tertiary/aromatic N) is 1. The van der Waals surface area contributed by atoms with E-state index in [-0.39, 0.29) is 6.10 Å². The van der Waals surface area contributed by atoms with Gasteiger partial charge in [0.2, 0.25) is 0 Å². The van der Waals surface area contributed by atoms with Gasteiger partial charge in [-0.1, -0.05) is 6.42 Å². The summed E-state index contributed by atoms with van der Waals surface area (Å²) in [5.41, 5.74) is 0. The first kappa shape index (κ1) is 10.8. The molecule has 1 aliphatic heterocycles. The third-order valence-corrected chi connectivity index (χ3v) is 4.32. The second-order valence-electron chi connectivity index (χ2n) is 4.60. The number of aliphatic hydroxyl groups is 1. The summed E-state index contributed by atoms with van der Waals surface area (Å²) >= 11 is 2.07. The predicted octanol–water partition coefficient (Wildman–Crippen LogP) is 1.59. The summed E-state index contributed by atoms with van der Waals surface area (Å²) in [6, 6.07) is 0. The van der Waals surface area contributed by atoms with Crippen molar-refractivity contribution in [3.8, 4) is 0 Å². The molecule has 0 bridgehead atoms. The third kappa shape index (κ3) is 3.14. The molecule has 1 saturated carbocycles. The molecular formula is C11H21NOS. The minimum absolute atomic E-state index is 0.00656. The van der Waals surface area contributed by atoms with Gasteiger partial charge in [-0.05, 0) is 25.2 Å². The topological polar surface area (TPSA) is 23.5 Å². The molecule has 1 saturated heterocycles. The molecule has 1 aliphatic carbocycles. The Labute approximate surface area is 91.1 Å². The molecule has 0 amide bonds. The summed E-state index contributed by atoms with van der Waals surface area (Å²) in [6.45, 7) is 3.76. The number of hydrogen-bond donors (Lipinski definition) is 1. The van der Waals surface area contributed by atoms with E-state index in [4.69, 9.17) is 0 Å². The Morgan fingerprint density at radius 1 is 1.21 bits per heavy atom. The largest absolute Gasteiger partial charge is 0.393 e. The molecule has 2 aliphatic rings. The van der Waals surface area contributed by atoms with Crippen LogP contribution in [0.3, 0.4) is 0 Å². The summed E-state index contributed by atoms with van der Waals surface area (Å²) < 4.78 is 0. The Balaban J connectivity index is 1.72. The lowest BCUT2D eigenvalue weighted by Crippen LogP contribution is -2.38. The van der Waals surface area contributed by atoms with Crippen molar-refractivity contribution < 1.29 is 5.11 Å². The van der Waals surface area contributed by atoms with Crippen LogP contribution in [0.1, 0.15) is 25.7 Å². The van der Waals surface area contributed by atoms with Crippen molar-refractivity contribution in [1.29, 1.82) is 0 Å². The van der Waals surface area contributed by atoms with Gasteiger partial charge in [0.1, 0.15) is 0 Å². The zero-order chi connectivity index (χ0) is 9.80. The minimum Gasteiger partial charge on any atom is -0.393 e. The lowest BCUT2D eigenvalue weighted by atomic mass is 9.87. The standard InChI is InChI=1S/C11H21NOS/c13-11-3-1-2-10(8-11)9-12-4-6-14-7-5-12/h10-11,13H,1-9H2. The summed E-state index contributed by atoms with van der Waals surface area (Å²) in [5.74, 6) is 3.37. The summed E-state index contributed by atoms with van der Waals surface area (Å²) in [6.07, 6.45) is 4.64. The smallest absolute Gasteiger partial charge is 0.0543 e. The Morgan fingerprint density at radius 3 is 2.71 bits per heavy atom. The lowest BCUT2D eigenvalue weighted by Gasteiger charge is -2.33. The molecule has 0 aromatic rings. The van der Waals surface area contributed by atoms with Gasteiger partial charge in [0.25, 0.3) is 0 Å². The molecule has 0 aromatic carbocycles. The van der Waals surface area contributed by atoms with E-state index in [1.165, 1.54) is 44.0 Å². The van der Waals surface area contributed by atoms with Crippen LogP contribution in [0.15, 0.2) is 0 Å². The van der Waals surface area contributed by atoms with Crippen molar-refractivity contribution in [2.75, 3.05) is 31.1 Å². The van der Waals surface area contributed by atoms with Crippen molar-refractivity contribution in [2.45, 2.75) is 31.8 Å². The molecule has 2 unspecified atom stereocenters. The molecule has 2 atom stereocenters. The molecule has 14 heavy (non-hydrogen) atoms. The van der Waals surface area contributed by atoms with E-state index >= 15 is 0 Å². The zero-order valence-corrected chi connectivity index (χ0v) is 9.64. The maximum Gasteiger partial charge on any atom is 0.0543 e. The second-order valence-corrected chi connectivity index (χ2v) is 5.82. The van der Waals surface area contributed by atoms with E-state index in [2.05, 4.69) is 16.7 Å². The summed E-state index contributed by atoms with van der Waals surface area (Å²) in [5, 5.41) is 9.59. The monoisotopic (exact) mass is 215 g/mol. The molecule has 1 heterocycles. The Bertz CT molecular complexity index is 171. The molecular weight excluding hydrogens is 194 g/mol. The van der Waals surface area contributed by atoms with Gasteiger partial charge in [-0.3, -0.25) is 0 Å². The van der Waals surface area contributed by atoms with E-state index in [1.807, 2.05) is 0 Å². The highest BCUT2D eigenvalue weighted by atomic mass is 32.2. The summed E-state index contributed by atoms with van der Waals surface area (Å²) in [7, 11) is 0. The van der Waals surface area contributed by atoms with Crippen molar-refractivity contribution in [3.05, 3.63) is 0 Å². The average Bonchev–Trinajstić information content (AvgIpc) is 2.19. The molecule has 2 rings (SSSR count). The zero-order valence-electron chi connectivity index (χ0n) is 8.82. The second kappa shape index (κ2) is 5.38. The van der Waals surface area contributed by atoms with E-state index in [1.54, 1.807) is 0 Å². The first-order chi connectivity index (χ1) is 6.84. The van der Waals surface area contributed by atoms with E-state index in [9.17, 15) is 5.11 Å². The highest BCUT2D eigenvalue weighted by Gasteiger charge is 2.22. The van der Waals surface area contributed by atoms with Crippen LogP contribution in [0.2, 0.25) is 0 Å².